The highest BCUT2D eigenvalue weighted by Gasteiger charge is 2.11. The van der Waals surface area contributed by atoms with Crippen LogP contribution in [-0.2, 0) is 0 Å². The number of fused-ring (bicyclic) bond motifs is 1. The van der Waals surface area contributed by atoms with Crippen LogP contribution in [0.5, 0.6) is 0 Å². The van der Waals surface area contributed by atoms with Crippen LogP contribution in [0.4, 0.5) is 5.82 Å². The number of rotatable bonds is 1. The zero-order valence-corrected chi connectivity index (χ0v) is 13.2. The number of nitrogen functional groups attached to an aromatic ring is 1. The Morgan fingerprint density at radius 1 is 1.10 bits per heavy atom. The molecule has 0 unspecified atom stereocenters. The molecule has 0 saturated carbocycles. The number of halogens is 2. The van der Waals surface area contributed by atoms with E-state index in [4.69, 9.17) is 17.3 Å². The van der Waals surface area contributed by atoms with Gasteiger partial charge in [0.25, 0.3) is 5.56 Å². The summed E-state index contributed by atoms with van der Waals surface area (Å²) < 4.78 is 2.45. The second kappa shape index (κ2) is 5.10. The molecular weight excluding hydrogens is 387 g/mol. The molecule has 100 valence electrons. The van der Waals surface area contributed by atoms with E-state index in [0.717, 1.165) is 8.96 Å². The van der Waals surface area contributed by atoms with Crippen LogP contribution in [0.15, 0.2) is 53.3 Å². The lowest BCUT2D eigenvalue weighted by atomic mass is 10.1. The molecule has 0 bridgehead atoms. The summed E-state index contributed by atoms with van der Waals surface area (Å²) in [7, 11) is 0. The van der Waals surface area contributed by atoms with Crippen molar-refractivity contribution >= 4 is 50.8 Å². The molecule has 0 aliphatic rings. The Labute approximate surface area is 134 Å². The molecule has 0 aliphatic heterocycles. The van der Waals surface area contributed by atoms with E-state index in [1.54, 1.807) is 24.3 Å². The van der Waals surface area contributed by atoms with Crippen LogP contribution in [0.3, 0.4) is 0 Å². The van der Waals surface area contributed by atoms with Gasteiger partial charge in [-0.3, -0.25) is 9.36 Å². The second-order valence-electron chi connectivity index (χ2n) is 4.39. The first-order valence-corrected chi connectivity index (χ1v) is 7.39. The molecule has 0 amide bonds. The summed E-state index contributed by atoms with van der Waals surface area (Å²) in [6.45, 7) is 0. The van der Waals surface area contributed by atoms with Crippen molar-refractivity contribution in [1.82, 2.24) is 4.57 Å². The van der Waals surface area contributed by atoms with Crippen molar-refractivity contribution in [3.63, 3.8) is 0 Å². The minimum Gasteiger partial charge on any atom is -0.385 e. The second-order valence-corrected chi connectivity index (χ2v) is 6.05. The lowest BCUT2D eigenvalue weighted by Gasteiger charge is -2.13. The van der Waals surface area contributed by atoms with Gasteiger partial charge in [0.05, 0.1) is 10.7 Å². The molecule has 3 nitrogen and oxygen atoms in total. The van der Waals surface area contributed by atoms with Crippen LogP contribution in [-0.4, -0.2) is 4.57 Å². The van der Waals surface area contributed by atoms with E-state index in [-0.39, 0.29) is 5.56 Å². The minimum absolute atomic E-state index is 0.163. The predicted octanol–water partition coefficient (Wildman–Crippen LogP) is 3.83. The zero-order valence-electron chi connectivity index (χ0n) is 10.3. The summed E-state index contributed by atoms with van der Waals surface area (Å²) in [5, 5.41) is 1.95. The van der Waals surface area contributed by atoms with Crippen molar-refractivity contribution in [2.75, 3.05) is 5.73 Å². The average molecular weight is 397 g/mol. The Morgan fingerprint density at radius 3 is 2.60 bits per heavy atom. The SMILES string of the molecule is Nc1cc2ccccc2c(=O)n1-c1ccc(I)cc1Cl. The van der Waals surface area contributed by atoms with Gasteiger partial charge in [0, 0.05) is 8.96 Å². The summed E-state index contributed by atoms with van der Waals surface area (Å²) >= 11 is 8.41. The first kappa shape index (κ1) is 13.5. The van der Waals surface area contributed by atoms with Gasteiger partial charge in [0.2, 0.25) is 0 Å². The van der Waals surface area contributed by atoms with Crippen molar-refractivity contribution in [1.29, 1.82) is 0 Å². The predicted molar refractivity (Wildman–Crippen MR) is 91.7 cm³/mol. The molecule has 2 aromatic carbocycles. The highest BCUT2D eigenvalue weighted by molar-refractivity contribution is 14.1. The highest BCUT2D eigenvalue weighted by Crippen LogP contribution is 2.25. The Hall–Kier alpha value is -1.53. The molecule has 3 aromatic rings. The third-order valence-electron chi connectivity index (χ3n) is 3.11. The van der Waals surface area contributed by atoms with E-state index >= 15 is 0 Å². The molecule has 0 atom stereocenters. The fourth-order valence-corrected chi connectivity index (χ4v) is 3.13. The Bertz CT molecular complexity index is 873. The topological polar surface area (TPSA) is 48.0 Å². The monoisotopic (exact) mass is 396 g/mol. The number of nitrogens with zero attached hydrogens (tertiary/aromatic N) is 1. The first-order chi connectivity index (χ1) is 9.58. The van der Waals surface area contributed by atoms with E-state index in [2.05, 4.69) is 22.6 Å². The van der Waals surface area contributed by atoms with Gasteiger partial charge in [-0.05, 0) is 58.3 Å². The van der Waals surface area contributed by atoms with Crippen LogP contribution in [0, 0.1) is 3.57 Å². The van der Waals surface area contributed by atoms with Crippen LogP contribution < -0.4 is 11.3 Å². The lowest BCUT2D eigenvalue weighted by molar-refractivity contribution is 1.02. The van der Waals surface area contributed by atoms with E-state index < -0.39 is 0 Å². The number of hydrogen-bond acceptors (Lipinski definition) is 2. The molecule has 20 heavy (non-hydrogen) atoms. The van der Waals surface area contributed by atoms with E-state index in [1.807, 2.05) is 24.3 Å². The molecule has 5 heteroatoms. The largest absolute Gasteiger partial charge is 0.385 e. The molecule has 0 spiro atoms. The number of anilines is 1. The summed E-state index contributed by atoms with van der Waals surface area (Å²) in [4.78, 5) is 12.6. The molecule has 2 N–H and O–H groups in total. The number of benzene rings is 2. The fraction of sp³-hybridized carbons (Fsp3) is 0. The molecule has 0 fully saturated rings. The molecule has 0 radical (unpaired) electrons. The lowest BCUT2D eigenvalue weighted by Crippen LogP contribution is -2.21. The van der Waals surface area contributed by atoms with Crippen LogP contribution in [0.25, 0.3) is 16.5 Å². The highest BCUT2D eigenvalue weighted by atomic mass is 127. The third kappa shape index (κ3) is 2.19. The van der Waals surface area contributed by atoms with E-state index in [0.29, 0.717) is 21.9 Å². The van der Waals surface area contributed by atoms with Gasteiger partial charge < -0.3 is 5.73 Å². The Balaban J connectivity index is 2.39. The van der Waals surface area contributed by atoms with Crippen molar-refractivity contribution in [3.05, 3.63) is 67.5 Å². The normalized spacial score (nSPS) is 10.9. The van der Waals surface area contributed by atoms with Crippen molar-refractivity contribution in [3.8, 4) is 5.69 Å². The van der Waals surface area contributed by atoms with Gasteiger partial charge in [-0.1, -0.05) is 29.8 Å². The van der Waals surface area contributed by atoms with Crippen LogP contribution in [0.2, 0.25) is 5.02 Å². The molecule has 3 rings (SSSR count). The van der Waals surface area contributed by atoms with Crippen LogP contribution in [0.1, 0.15) is 0 Å². The van der Waals surface area contributed by atoms with E-state index in [9.17, 15) is 4.79 Å². The maximum absolute atomic E-state index is 12.6. The quantitative estimate of drug-likeness (QED) is 0.636. The van der Waals surface area contributed by atoms with Gasteiger partial charge >= 0.3 is 0 Å². The maximum Gasteiger partial charge on any atom is 0.264 e. The number of nitrogens with two attached hydrogens (primary N) is 1. The first-order valence-electron chi connectivity index (χ1n) is 5.93. The fourth-order valence-electron chi connectivity index (χ4n) is 2.19. The molecule has 0 saturated heterocycles. The maximum atomic E-state index is 12.6. The molecule has 0 aliphatic carbocycles. The standard InChI is InChI=1S/C15H10ClIN2O/c16-12-8-10(17)5-6-13(12)19-14(18)7-9-3-1-2-4-11(9)15(19)20/h1-8H,18H2. The summed E-state index contributed by atoms with van der Waals surface area (Å²) in [5.74, 6) is 0.372. The van der Waals surface area contributed by atoms with Crippen molar-refractivity contribution < 1.29 is 0 Å². The van der Waals surface area contributed by atoms with Crippen molar-refractivity contribution in [2.45, 2.75) is 0 Å². The molecule has 1 aromatic heterocycles. The summed E-state index contributed by atoms with van der Waals surface area (Å²) in [6.07, 6.45) is 0. The number of hydrogen-bond donors (Lipinski definition) is 1. The molecular formula is C15H10ClIN2O. The van der Waals surface area contributed by atoms with Crippen molar-refractivity contribution in [2.24, 2.45) is 0 Å². The zero-order chi connectivity index (χ0) is 14.3. The van der Waals surface area contributed by atoms with Gasteiger partial charge in [-0.25, -0.2) is 0 Å². The van der Waals surface area contributed by atoms with Gasteiger partial charge in [-0.15, -0.1) is 0 Å². The van der Waals surface area contributed by atoms with Gasteiger partial charge in [-0.2, -0.15) is 0 Å². The average Bonchev–Trinajstić information content (AvgIpc) is 2.41. The third-order valence-corrected chi connectivity index (χ3v) is 4.08. The Morgan fingerprint density at radius 2 is 1.85 bits per heavy atom. The van der Waals surface area contributed by atoms with Crippen LogP contribution >= 0.6 is 34.2 Å². The smallest absolute Gasteiger partial charge is 0.264 e. The Kier molecular flexibility index (Phi) is 3.43. The molecule has 1 heterocycles. The summed E-state index contributed by atoms with van der Waals surface area (Å²) in [6, 6.07) is 14.6. The minimum atomic E-state index is -0.163. The number of pyridine rings is 1. The van der Waals surface area contributed by atoms with E-state index in [1.165, 1.54) is 4.57 Å². The van der Waals surface area contributed by atoms with Gasteiger partial charge in [0.1, 0.15) is 5.82 Å². The summed E-state index contributed by atoms with van der Waals surface area (Å²) in [5.41, 5.74) is 6.46. The van der Waals surface area contributed by atoms with Gasteiger partial charge in [0.15, 0.2) is 0 Å². The number of aromatic nitrogens is 1.